The minimum absolute atomic E-state index is 0.0434. The Morgan fingerprint density at radius 3 is 2.74 bits per heavy atom. The topological polar surface area (TPSA) is 20.3 Å². The summed E-state index contributed by atoms with van der Waals surface area (Å²) in [5.41, 5.74) is 0.691. The molecule has 1 saturated heterocycles. The first kappa shape index (κ1) is 15.1. The number of anilines is 1. The minimum atomic E-state index is -0.0677. The largest absolute Gasteiger partial charge is 0.273 e. The SMILES string of the molecule is CCCCC1SC(=S)N(c2ccc(Cl)c(Cl)c2)C1=O. The van der Waals surface area contributed by atoms with E-state index in [0.29, 0.717) is 20.1 Å². The summed E-state index contributed by atoms with van der Waals surface area (Å²) in [5.74, 6) is 0.0434. The molecule has 1 heterocycles. The maximum absolute atomic E-state index is 12.4. The average molecular weight is 334 g/mol. The molecule has 0 radical (unpaired) electrons. The first-order valence-electron chi connectivity index (χ1n) is 6.04. The predicted octanol–water partition coefficient (Wildman–Crippen LogP) is 4.92. The molecule has 0 saturated carbocycles. The molecule has 0 spiro atoms. The van der Waals surface area contributed by atoms with Crippen molar-refractivity contribution in [3.05, 3.63) is 28.2 Å². The molecule has 1 aromatic carbocycles. The molecule has 6 heteroatoms. The Morgan fingerprint density at radius 1 is 1.37 bits per heavy atom. The number of hydrogen-bond acceptors (Lipinski definition) is 3. The van der Waals surface area contributed by atoms with Gasteiger partial charge >= 0.3 is 0 Å². The molecule has 2 nitrogen and oxygen atoms in total. The molecule has 0 N–H and O–H groups in total. The third kappa shape index (κ3) is 3.24. The van der Waals surface area contributed by atoms with Gasteiger partial charge in [0.05, 0.1) is 21.0 Å². The van der Waals surface area contributed by atoms with Crippen molar-refractivity contribution in [2.24, 2.45) is 0 Å². The summed E-state index contributed by atoms with van der Waals surface area (Å²) >= 11 is 18.6. The summed E-state index contributed by atoms with van der Waals surface area (Å²) in [4.78, 5) is 13.9. The number of amides is 1. The van der Waals surface area contributed by atoms with E-state index in [2.05, 4.69) is 6.92 Å². The normalized spacial score (nSPS) is 19.3. The Morgan fingerprint density at radius 2 is 2.11 bits per heavy atom. The average Bonchev–Trinajstić information content (AvgIpc) is 2.65. The van der Waals surface area contributed by atoms with Crippen LogP contribution >= 0.6 is 47.2 Å². The van der Waals surface area contributed by atoms with Crippen molar-refractivity contribution in [2.75, 3.05) is 4.90 Å². The highest BCUT2D eigenvalue weighted by Gasteiger charge is 2.37. The van der Waals surface area contributed by atoms with Crippen molar-refractivity contribution in [2.45, 2.75) is 31.4 Å². The first-order valence-corrected chi connectivity index (χ1v) is 8.08. The van der Waals surface area contributed by atoms with Crippen LogP contribution in [0.5, 0.6) is 0 Å². The number of benzene rings is 1. The van der Waals surface area contributed by atoms with E-state index in [0.717, 1.165) is 19.3 Å². The minimum Gasteiger partial charge on any atom is -0.273 e. The summed E-state index contributed by atoms with van der Waals surface area (Å²) in [6.07, 6.45) is 2.96. The van der Waals surface area contributed by atoms with Gasteiger partial charge in [0.25, 0.3) is 0 Å². The molecule has 0 bridgehead atoms. The molecule has 1 atom stereocenters. The summed E-state index contributed by atoms with van der Waals surface area (Å²) in [7, 11) is 0. The van der Waals surface area contributed by atoms with Gasteiger partial charge in [0.2, 0.25) is 5.91 Å². The molecule has 2 rings (SSSR count). The van der Waals surface area contributed by atoms with E-state index in [1.807, 2.05) is 0 Å². The number of thiocarbonyl (C=S) groups is 1. The first-order chi connectivity index (χ1) is 9.04. The second-order valence-electron chi connectivity index (χ2n) is 4.29. The number of unbranched alkanes of at least 4 members (excludes halogenated alkanes) is 1. The number of halogens is 2. The third-order valence-electron chi connectivity index (χ3n) is 2.90. The summed E-state index contributed by atoms with van der Waals surface area (Å²) < 4.78 is 0.587. The van der Waals surface area contributed by atoms with Gasteiger partial charge in [-0.05, 0) is 24.6 Å². The fourth-order valence-corrected chi connectivity index (χ4v) is 3.76. The quantitative estimate of drug-likeness (QED) is 0.729. The molecule has 1 unspecified atom stereocenters. The molecule has 19 heavy (non-hydrogen) atoms. The lowest BCUT2D eigenvalue weighted by molar-refractivity contribution is -0.117. The van der Waals surface area contributed by atoms with Gasteiger partial charge in [-0.25, -0.2) is 0 Å². The fraction of sp³-hybridized carbons (Fsp3) is 0.385. The second-order valence-corrected chi connectivity index (χ2v) is 6.94. The van der Waals surface area contributed by atoms with Gasteiger partial charge in [-0.15, -0.1) is 0 Å². The zero-order valence-corrected chi connectivity index (χ0v) is 13.5. The standard InChI is InChI=1S/C13H13Cl2NOS2/c1-2-3-4-11-12(17)16(13(18)19-11)8-5-6-9(14)10(15)7-8/h5-7,11H,2-4H2,1H3. The van der Waals surface area contributed by atoms with Gasteiger partial charge in [0.1, 0.15) is 4.32 Å². The van der Waals surface area contributed by atoms with Crippen molar-refractivity contribution in [1.82, 2.24) is 0 Å². The molecule has 102 valence electrons. The second kappa shape index (κ2) is 6.44. The van der Waals surface area contributed by atoms with Gasteiger partial charge in [-0.1, -0.05) is 66.9 Å². The molecule has 1 aliphatic rings. The lowest BCUT2D eigenvalue weighted by Gasteiger charge is -2.16. The summed E-state index contributed by atoms with van der Waals surface area (Å²) in [5, 5.41) is 0.830. The number of carbonyl (C=O) groups excluding carboxylic acids is 1. The van der Waals surface area contributed by atoms with E-state index in [1.165, 1.54) is 11.8 Å². The Labute approximate surface area is 132 Å². The molecule has 1 fully saturated rings. The summed E-state index contributed by atoms with van der Waals surface area (Å²) in [6, 6.07) is 5.12. The molecule has 0 aliphatic carbocycles. The van der Waals surface area contributed by atoms with Gasteiger partial charge in [0.15, 0.2) is 0 Å². The van der Waals surface area contributed by atoms with Crippen molar-refractivity contribution in [3.8, 4) is 0 Å². The molecular formula is C13H13Cl2NOS2. The zero-order valence-electron chi connectivity index (χ0n) is 10.4. The molecule has 1 aromatic rings. The molecule has 0 aromatic heterocycles. The van der Waals surface area contributed by atoms with Gasteiger partial charge in [-0.2, -0.15) is 0 Å². The zero-order chi connectivity index (χ0) is 14.0. The van der Waals surface area contributed by atoms with Crippen molar-refractivity contribution in [3.63, 3.8) is 0 Å². The number of nitrogens with zero attached hydrogens (tertiary/aromatic N) is 1. The van der Waals surface area contributed by atoms with Crippen LogP contribution in [0.15, 0.2) is 18.2 Å². The van der Waals surface area contributed by atoms with Crippen LogP contribution in [0.3, 0.4) is 0 Å². The van der Waals surface area contributed by atoms with Crippen molar-refractivity contribution in [1.29, 1.82) is 0 Å². The molecule has 1 amide bonds. The lowest BCUT2D eigenvalue weighted by atomic mass is 10.2. The van der Waals surface area contributed by atoms with Crippen LogP contribution in [0.1, 0.15) is 26.2 Å². The lowest BCUT2D eigenvalue weighted by Crippen LogP contribution is -2.31. The molecule has 1 aliphatic heterocycles. The van der Waals surface area contributed by atoms with Crippen LogP contribution in [-0.4, -0.2) is 15.5 Å². The van der Waals surface area contributed by atoms with E-state index in [1.54, 1.807) is 23.1 Å². The van der Waals surface area contributed by atoms with E-state index in [4.69, 9.17) is 35.4 Å². The highest BCUT2D eigenvalue weighted by atomic mass is 35.5. The van der Waals surface area contributed by atoms with Gasteiger partial charge in [-0.3, -0.25) is 9.69 Å². The van der Waals surface area contributed by atoms with Crippen LogP contribution in [0.25, 0.3) is 0 Å². The Kier molecular flexibility index (Phi) is 5.12. The van der Waals surface area contributed by atoms with Crippen molar-refractivity contribution >= 4 is 63.1 Å². The molecular weight excluding hydrogens is 321 g/mol. The van der Waals surface area contributed by atoms with E-state index < -0.39 is 0 Å². The van der Waals surface area contributed by atoms with E-state index in [9.17, 15) is 4.79 Å². The monoisotopic (exact) mass is 333 g/mol. The predicted molar refractivity (Wildman–Crippen MR) is 87.5 cm³/mol. The van der Waals surface area contributed by atoms with E-state index >= 15 is 0 Å². The fourth-order valence-electron chi connectivity index (χ4n) is 1.89. The number of thioether (sulfide) groups is 1. The van der Waals surface area contributed by atoms with Crippen molar-refractivity contribution < 1.29 is 4.79 Å². The maximum atomic E-state index is 12.4. The Bertz CT molecular complexity index is 521. The van der Waals surface area contributed by atoms with Crippen LogP contribution in [0.2, 0.25) is 10.0 Å². The highest BCUT2D eigenvalue weighted by Crippen LogP contribution is 2.36. The van der Waals surface area contributed by atoms with Gasteiger partial charge in [0, 0.05) is 0 Å². The van der Waals surface area contributed by atoms with Crippen LogP contribution < -0.4 is 4.90 Å². The van der Waals surface area contributed by atoms with Crippen LogP contribution in [-0.2, 0) is 4.79 Å². The Balaban J connectivity index is 2.22. The third-order valence-corrected chi connectivity index (χ3v) is 5.22. The highest BCUT2D eigenvalue weighted by molar-refractivity contribution is 8.25. The summed E-state index contributed by atoms with van der Waals surface area (Å²) in [6.45, 7) is 2.11. The van der Waals surface area contributed by atoms with Gasteiger partial charge < -0.3 is 0 Å². The number of carbonyl (C=O) groups is 1. The smallest absolute Gasteiger partial charge is 0.246 e. The number of rotatable bonds is 4. The van der Waals surface area contributed by atoms with Crippen LogP contribution in [0, 0.1) is 0 Å². The maximum Gasteiger partial charge on any atom is 0.246 e. The number of hydrogen-bond donors (Lipinski definition) is 0. The van der Waals surface area contributed by atoms with Crippen LogP contribution in [0.4, 0.5) is 5.69 Å². The Hall–Kier alpha value is -0.290. The van der Waals surface area contributed by atoms with E-state index in [-0.39, 0.29) is 11.2 Å².